The van der Waals surface area contributed by atoms with Crippen LogP contribution in [-0.2, 0) is 6.54 Å². The van der Waals surface area contributed by atoms with Gasteiger partial charge in [0.15, 0.2) is 0 Å². The summed E-state index contributed by atoms with van der Waals surface area (Å²) in [5.41, 5.74) is 1.03. The first-order valence-electron chi connectivity index (χ1n) is 6.70. The minimum atomic E-state index is 0.720. The molecule has 0 amide bonds. The Hall–Kier alpha value is -1.59. The monoisotopic (exact) mass is 290 g/mol. The molecule has 0 spiro atoms. The van der Waals surface area contributed by atoms with Crippen LogP contribution in [0, 0.1) is 0 Å². The van der Waals surface area contributed by atoms with Crippen LogP contribution in [0.2, 0.25) is 0 Å². The Bertz CT molecular complexity index is 571. The quantitative estimate of drug-likeness (QED) is 0.888. The van der Waals surface area contributed by atoms with Gasteiger partial charge in [0.25, 0.3) is 0 Å². The average Bonchev–Trinajstić information content (AvgIpc) is 3.20. The molecule has 1 aromatic carbocycles. The van der Waals surface area contributed by atoms with E-state index in [1.165, 1.54) is 17.7 Å². The number of thiazole rings is 1. The van der Waals surface area contributed by atoms with Crippen LogP contribution in [-0.4, -0.2) is 25.2 Å². The fourth-order valence-corrected chi connectivity index (χ4v) is 2.84. The van der Waals surface area contributed by atoms with Gasteiger partial charge in [-0.05, 0) is 25.0 Å². The third-order valence-electron chi connectivity index (χ3n) is 3.29. The van der Waals surface area contributed by atoms with Crippen molar-refractivity contribution in [2.45, 2.75) is 25.4 Å². The van der Waals surface area contributed by atoms with E-state index in [9.17, 15) is 0 Å². The third-order valence-corrected chi connectivity index (χ3v) is 4.34. The van der Waals surface area contributed by atoms with E-state index in [0.29, 0.717) is 0 Å². The van der Waals surface area contributed by atoms with Crippen LogP contribution < -0.4 is 14.8 Å². The second kappa shape index (κ2) is 5.81. The summed E-state index contributed by atoms with van der Waals surface area (Å²) in [5, 5.41) is 4.50. The molecule has 2 aromatic rings. The van der Waals surface area contributed by atoms with Crippen LogP contribution in [0.25, 0.3) is 10.6 Å². The molecular formula is C15H18N2O2S. The van der Waals surface area contributed by atoms with Crippen LogP contribution in [0.5, 0.6) is 11.5 Å². The van der Waals surface area contributed by atoms with Gasteiger partial charge >= 0.3 is 0 Å². The van der Waals surface area contributed by atoms with Gasteiger partial charge in [0.1, 0.15) is 16.5 Å². The van der Waals surface area contributed by atoms with Gasteiger partial charge in [-0.1, -0.05) is 0 Å². The zero-order valence-electron chi connectivity index (χ0n) is 11.7. The Kier molecular flexibility index (Phi) is 3.89. The Labute approximate surface area is 122 Å². The molecule has 0 bridgehead atoms. The summed E-state index contributed by atoms with van der Waals surface area (Å²) >= 11 is 1.71. The highest BCUT2D eigenvalue weighted by atomic mass is 32.1. The lowest BCUT2D eigenvalue weighted by Crippen LogP contribution is -2.14. The molecule has 0 saturated heterocycles. The molecule has 0 radical (unpaired) electrons. The molecule has 1 N–H and O–H groups in total. The molecule has 0 atom stereocenters. The van der Waals surface area contributed by atoms with Crippen molar-refractivity contribution in [1.29, 1.82) is 0 Å². The van der Waals surface area contributed by atoms with E-state index in [2.05, 4.69) is 10.3 Å². The number of rotatable bonds is 6. The molecule has 1 fully saturated rings. The molecule has 4 nitrogen and oxygen atoms in total. The molecule has 106 valence electrons. The molecule has 0 unspecified atom stereocenters. The van der Waals surface area contributed by atoms with Gasteiger partial charge in [0.05, 0.1) is 14.2 Å². The highest BCUT2D eigenvalue weighted by Crippen LogP contribution is 2.32. The van der Waals surface area contributed by atoms with Gasteiger partial charge in [0.2, 0.25) is 0 Å². The van der Waals surface area contributed by atoms with E-state index >= 15 is 0 Å². The Morgan fingerprint density at radius 3 is 2.50 bits per heavy atom. The van der Waals surface area contributed by atoms with E-state index in [0.717, 1.165) is 34.7 Å². The molecule has 1 aliphatic rings. The van der Waals surface area contributed by atoms with Crippen LogP contribution in [0.15, 0.2) is 24.4 Å². The van der Waals surface area contributed by atoms with Crippen molar-refractivity contribution in [2.24, 2.45) is 0 Å². The lowest BCUT2D eigenvalue weighted by Gasteiger charge is -2.06. The van der Waals surface area contributed by atoms with Crippen molar-refractivity contribution >= 4 is 11.3 Å². The fourth-order valence-electron chi connectivity index (χ4n) is 1.99. The molecule has 1 aromatic heterocycles. The number of nitrogens with one attached hydrogen (secondary N) is 1. The maximum atomic E-state index is 5.30. The average molecular weight is 290 g/mol. The standard InChI is InChI=1S/C15H18N2O2S/c1-18-12-5-10(6-13(7-12)19-2)15-17-9-14(20-15)8-16-11-3-4-11/h5-7,9,11,16H,3-4,8H2,1-2H3. The van der Waals surface area contributed by atoms with Crippen molar-refractivity contribution in [1.82, 2.24) is 10.3 Å². The van der Waals surface area contributed by atoms with Crippen molar-refractivity contribution in [3.8, 4) is 22.1 Å². The Balaban J connectivity index is 1.80. The van der Waals surface area contributed by atoms with E-state index in [-0.39, 0.29) is 0 Å². The normalized spacial score (nSPS) is 14.3. The molecule has 3 rings (SSSR count). The number of hydrogen-bond acceptors (Lipinski definition) is 5. The van der Waals surface area contributed by atoms with Crippen LogP contribution in [0.1, 0.15) is 17.7 Å². The lowest BCUT2D eigenvalue weighted by molar-refractivity contribution is 0.394. The van der Waals surface area contributed by atoms with Crippen molar-refractivity contribution in [3.05, 3.63) is 29.3 Å². The van der Waals surface area contributed by atoms with Crippen molar-refractivity contribution < 1.29 is 9.47 Å². The molecule has 5 heteroatoms. The van der Waals surface area contributed by atoms with Gasteiger partial charge in [-0.2, -0.15) is 0 Å². The zero-order valence-corrected chi connectivity index (χ0v) is 12.5. The summed E-state index contributed by atoms with van der Waals surface area (Å²) in [6.07, 6.45) is 4.55. The summed E-state index contributed by atoms with van der Waals surface area (Å²) in [4.78, 5) is 5.76. The predicted molar refractivity (Wildman–Crippen MR) is 80.5 cm³/mol. The van der Waals surface area contributed by atoms with E-state index < -0.39 is 0 Å². The summed E-state index contributed by atoms with van der Waals surface area (Å²) < 4.78 is 10.6. The second-order valence-electron chi connectivity index (χ2n) is 4.89. The summed E-state index contributed by atoms with van der Waals surface area (Å²) in [6, 6.07) is 6.56. The first kappa shape index (κ1) is 13.4. The summed E-state index contributed by atoms with van der Waals surface area (Å²) in [5.74, 6) is 1.57. The fraction of sp³-hybridized carbons (Fsp3) is 0.400. The van der Waals surface area contributed by atoms with E-state index in [1.54, 1.807) is 25.6 Å². The molecule has 1 heterocycles. The van der Waals surface area contributed by atoms with Crippen molar-refractivity contribution in [3.63, 3.8) is 0 Å². The van der Waals surface area contributed by atoms with E-state index in [4.69, 9.17) is 9.47 Å². The minimum Gasteiger partial charge on any atom is -0.497 e. The third kappa shape index (κ3) is 3.11. The first-order valence-corrected chi connectivity index (χ1v) is 7.51. The maximum Gasteiger partial charge on any atom is 0.123 e. The summed E-state index contributed by atoms with van der Waals surface area (Å²) in [6.45, 7) is 0.906. The number of benzene rings is 1. The number of ether oxygens (including phenoxy) is 2. The zero-order chi connectivity index (χ0) is 13.9. The van der Waals surface area contributed by atoms with Crippen LogP contribution >= 0.6 is 11.3 Å². The summed E-state index contributed by atoms with van der Waals surface area (Å²) in [7, 11) is 3.32. The number of aromatic nitrogens is 1. The number of methoxy groups -OCH3 is 2. The van der Waals surface area contributed by atoms with Gasteiger partial charge in [0, 0.05) is 35.3 Å². The van der Waals surface area contributed by atoms with Gasteiger partial charge in [-0.3, -0.25) is 0 Å². The molecular weight excluding hydrogens is 272 g/mol. The lowest BCUT2D eigenvalue weighted by atomic mass is 10.2. The van der Waals surface area contributed by atoms with Crippen LogP contribution in [0.3, 0.4) is 0 Å². The van der Waals surface area contributed by atoms with Crippen LogP contribution in [0.4, 0.5) is 0 Å². The number of nitrogens with zero attached hydrogens (tertiary/aromatic N) is 1. The Morgan fingerprint density at radius 1 is 1.20 bits per heavy atom. The van der Waals surface area contributed by atoms with Gasteiger partial charge in [-0.25, -0.2) is 4.98 Å². The smallest absolute Gasteiger partial charge is 0.123 e. The van der Waals surface area contributed by atoms with E-state index in [1.807, 2.05) is 24.4 Å². The minimum absolute atomic E-state index is 0.720. The molecule has 1 aliphatic carbocycles. The maximum absolute atomic E-state index is 5.30. The van der Waals surface area contributed by atoms with Crippen molar-refractivity contribution in [2.75, 3.05) is 14.2 Å². The SMILES string of the molecule is COc1cc(OC)cc(-c2ncc(CNC3CC3)s2)c1. The predicted octanol–water partition coefficient (Wildman–Crippen LogP) is 3.08. The highest BCUT2D eigenvalue weighted by molar-refractivity contribution is 7.15. The molecule has 20 heavy (non-hydrogen) atoms. The second-order valence-corrected chi connectivity index (χ2v) is 6.00. The Morgan fingerprint density at radius 2 is 1.90 bits per heavy atom. The van der Waals surface area contributed by atoms with Gasteiger partial charge < -0.3 is 14.8 Å². The molecule has 1 saturated carbocycles. The topological polar surface area (TPSA) is 43.4 Å². The van der Waals surface area contributed by atoms with Gasteiger partial charge in [-0.15, -0.1) is 11.3 Å². The number of hydrogen-bond donors (Lipinski definition) is 1. The largest absolute Gasteiger partial charge is 0.497 e. The first-order chi connectivity index (χ1) is 9.78. The molecule has 0 aliphatic heterocycles. The highest BCUT2D eigenvalue weighted by Gasteiger charge is 2.20.